The van der Waals surface area contributed by atoms with Crippen molar-refractivity contribution in [1.29, 1.82) is 0 Å². The van der Waals surface area contributed by atoms with E-state index in [0.29, 0.717) is 18.5 Å². The fourth-order valence-electron chi connectivity index (χ4n) is 1.79. The molecule has 96 valence electrons. The summed E-state index contributed by atoms with van der Waals surface area (Å²) in [5, 5.41) is 9.06. The molecule has 5 nitrogen and oxygen atoms in total. The van der Waals surface area contributed by atoms with Gasteiger partial charge in [0.2, 0.25) is 0 Å². The van der Waals surface area contributed by atoms with Crippen LogP contribution in [0.5, 0.6) is 0 Å². The lowest BCUT2D eigenvalue weighted by molar-refractivity contribution is 0.0699. The fourth-order valence-corrected chi connectivity index (χ4v) is 1.79. The minimum Gasteiger partial charge on any atom is -0.478 e. The van der Waals surface area contributed by atoms with Crippen molar-refractivity contribution in [3.05, 3.63) is 29.6 Å². The van der Waals surface area contributed by atoms with Crippen LogP contribution in [0.2, 0.25) is 0 Å². The van der Waals surface area contributed by atoms with Gasteiger partial charge >= 0.3 is 5.97 Å². The molecule has 5 heteroatoms. The van der Waals surface area contributed by atoms with E-state index >= 15 is 0 Å². The Kier molecular flexibility index (Phi) is 3.94. The van der Waals surface area contributed by atoms with Gasteiger partial charge in [-0.25, -0.2) is 9.78 Å². The lowest BCUT2D eigenvalue weighted by Crippen LogP contribution is -2.01. The lowest BCUT2D eigenvalue weighted by Gasteiger charge is -1.99. The quantitative estimate of drug-likeness (QED) is 0.769. The minimum absolute atomic E-state index is 0.226. The van der Waals surface area contributed by atoms with E-state index in [9.17, 15) is 4.79 Å². The van der Waals surface area contributed by atoms with Crippen LogP contribution in [0, 0.1) is 0 Å². The molecule has 0 saturated carbocycles. The van der Waals surface area contributed by atoms with Gasteiger partial charge in [-0.15, -0.1) is 0 Å². The van der Waals surface area contributed by atoms with Crippen LogP contribution in [0.1, 0.15) is 29.5 Å². The van der Waals surface area contributed by atoms with Crippen molar-refractivity contribution in [1.82, 2.24) is 9.97 Å². The van der Waals surface area contributed by atoms with Crippen LogP contribution in [0.3, 0.4) is 0 Å². The molecular weight excluding hydrogens is 232 g/mol. The highest BCUT2D eigenvalue weighted by atomic mass is 16.5. The number of aromatic carboxylic acids is 1. The van der Waals surface area contributed by atoms with E-state index in [1.54, 1.807) is 12.1 Å². The van der Waals surface area contributed by atoms with E-state index in [4.69, 9.17) is 9.84 Å². The standard InChI is InChI=1S/C13H16N2O3/c1-2-7-18-8-6-11-14-10-5-3-4-9(13(16)17)12(10)15-11/h3-5H,2,6-8H2,1H3,(H,14,15)(H,16,17). The highest BCUT2D eigenvalue weighted by Crippen LogP contribution is 2.16. The Hall–Kier alpha value is -1.88. The molecule has 1 heterocycles. The van der Waals surface area contributed by atoms with Crippen LogP contribution in [-0.4, -0.2) is 34.3 Å². The minimum atomic E-state index is -0.958. The number of imidazole rings is 1. The first-order valence-corrected chi connectivity index (χ1v) is 6.01. The highest BCUT2D eigenvalue weighted by molar-refractivity contribution is 6.00. The molecule has 0 fully saturated rings. The SMILES string of the molecule is CCCOCCc1nc2c(C(=O)O)cccc2[nH]1. The van der Waals surface area contributed by atoms with Crippen LogP contribution >= 0.6 is 0 Å². The molecule has 1 aromatic heterocycles. The van der Waals surface area contributed by atoms with Crippen LogP contribution in [0.25, 0.3) is 11.0 Å². The van der Waals surface area contributed by atoms with Gasteiger partial charge in [-0.05, 0) is 18.6 Å². The molecule has 0 aliphatic rings. The Morgan fingerprint density at radius 2 is 2.28 bits per heavy atom. The van der Waals surface area contributed by atoms with Crippen molar-refractivity contribution in [2.24, 2.45) is 0 Å². The normalized spacial score (nSPS) is 10.9. The fraction of sp³-hybridized carbons (Fsp3) is 0.385. The van der Waals surface area contributed by atoms with Gasteiger partial charge in [-0.3, -0.25) is 0 Å². The van der Waals surface area contributed by atoms with Gasteiger partial charge in [-0.2, -0.15) is 0 Å². The predicted octanol–water partition coefficient (Wildman–Crippen LogP) is 2.23. The van der Waals surface area contributed by atoms with E-state index in [1.165, 1.54) is 0 Å². The summed E-state index contributed by atoms with van der Waals surface area (Å²) in [5.74, 6) is -0.198. The topological polar surface area (TPSA) is 75.2 Å². The Morgan fingerprint density at radius 3 is 3.00 bits per heavy atom. The highest BCUT2D eigenvalue weighted by Gasteiger charge is 2.11. The summed E-state index contributed by atoms with van der Waals surface area (Å²) in [5.41, 5.74) is 1.49. The van der Waals surface area contributed by atoms with E-state index in [0.717, 1.165) is 24.4 Å². The van der Waals surface area contributed by atoms with Gasteiger partial charge in [0.25, 0.3) is 0 Å². The Labute approximate surface area is 105 Å². The average Bonchev–Trinajstić information content (AvgIpc) is 2.76. The number of H-pyrrole nitrogens is 1. The van der Waals surface area contributed by atoms with Crippen LogP contribution in [-0.2, 0) is 11.2 Å². The first-order valence-electron chi connectivity index (χ1n) is 6.01. The number of aromatic amines is 1. The molecule has 0 bridgehead atoms. The predicted molar refractivity (Wildman–Crippen MR) is 67.9 cm³/mol. The second-order valence-electron chi connectivity index (χ2n) is 4.05. The lowest BCUT2D eigenvalue weighted by atomic mass is 10.2. The Morgan fingerprint density at radius 1 is 1.44 bits per heavy atom. The molecule has 0 radical (unpaired) electrons. The number of benzene rings is 1. The number of para-hydroxylation sites is 1. The number of hydrogen-bond donors (Lipinski definition) is 2. The summed E-state index contributed by atoms with van der Waals surface area (Å²) < 4.78 is 5.38. The summed E-state index contributed by atoms with van der Waals surface area (Å²) in [6, 6.07) is 5.09. The number of nitrogens with zero attached hydrogens (tertiary/aromatic N) is 1. The van der Waals surface area contributed by atoms with Gasteiger partial charge in [0.05, 0.1) is 17.7 Å². The van der Waals surface area contributed by atoms with Crippen LogP contribution < -0.4 is 0 Å². The van der Waals surface area contributed by atoms with Crippen molar-refractivity contribution in [3.63, 3.8) is 0 Å². The van der Waals surface area contributed by atoms with E-state index in [1.807, 2.05) is 6.07 Å². The molecule has 0 unspecified atom stereocenters. The number of hydrogen-bond acceptors (Lipinski definition) is 3. The monoisotopic (exact) mass is 248 g/mol. The number of fused-ring (bicyclic) bond motifs is 1. The molecule has 18 heavy (non-hydrogen) atoms. The van der Waals surface area contributed by atoms with Crippen LogP contribution in [0.4, 0.5) is 0 Å². The smallest absolute Gasteiger partial charge is 0.337 e. The molecule has 0 atom stereocenters. The number of carboxylic acid groups (broad SMARTS) is 1. The summed E-state index contributed by atoms with van der Waals surface area (Å²) in [6.45, 7) is 3.39. The molecule has 2 aromatic rings. The largest absolute Gasteiger partial charge is 0.478 e. The number of rotatable bonds is 6. The zero-order valence-corrected chi connectivity index (χ0v) is 10.3. The van der Waals surface area contributed by atoms with Crippen LogP contribution in [0.15, 0.2) is 18.2 Å². The Balaban J connectivity index is 2.17. The summed E-state index contributed by atoms with van der Waals surface area (Å²) in [6.07, 6.45) is 1.65. The van der Waals surface area contributed by atoms with Gasteiger partial charge in [-0.1, -0.05) is 13.0 Å². The summed E-state index contributed by atoms with van der Waals surface area (Å²) in [4.78, 5) is 18.5. The van der Waals surface area contributed by atoms with Crippen molar-refractivity contribution in [3.8, 4) is 0 Å². The maximum Gasteiger partial charge on any atom is 0.337 e. The molecule has 0 aliphatic heterocycles. The van der Waals surface area contributed by atoms with Crippen molar-refractivity contribution in [2.75, 3.05) is 13.2 Å². The number of nitrogens with one attached hydrogen (secondary N) is 1. The number of aromatic nitrogens is 2. The number of carbonyl (C=O) groups is 1. The van der Waals surface area contributed by atoms with Gasteiger partial charge in [0, 0.05) is 13.0 Å². The van der Waals surface area contributed by atoms with Gasteiger partial charge < -0.3 is 14.8 Å². The van der Waals surface area contributed by atoms with E-state index in [2.05, 4.69) is 16.9 Å². The third-order valence-electron chi connectivity index (χ3n) is 2.62. The van der Waals surface area contributed by atoms with Gasteiger partial charge in [0.15, 0.2) is 0 Å². The molecule has 0 spiro atoms. The zero-order valence-electron chi connectivity index (χ0n) is 10.3. The number of ether oxygens (including phenoxy) is 1. The molecule has 0 amide bonds. The summed E-state index contributed by atoms with van der Waals surface area (Å²) in [7, 11) is 0. The third-order valence-corrected chi connectivity index (χ3v) is 2.62. The molecule has 0 aliphatic carbocycles. The first kappa shape index (κ1) is 12.6. The van der Waals surface area contributed by atoms with Crippen molar-refractivity contribution in [2.45, 2.75) is 19.8 Å². The van der Waals surface area contributed by atoms with E-state index in [-0.39, 0.29) is 5.56 Å². The molecule has 0 saturated heterocycles. The first-order chi connectivity index (χ1) is 8.72. The maximum absolute atomic E-state index is 11.0. The molecule has 2 rings (SSSR count). The molecule has 2 N–H and O–H groups in total. The molecule has 1 aromatic carbocycles. The van der Waals surface area contributed by atoms with Gasteiger partial charge in [0.1, 0.15) is 11.3 Å². The Bertz CT molecular complexity index is 548. The van der Waals surface area contributed by atoms with Crippen molar-refractivity contribution < 1.29 is 14.6 Å². The second kappa shape index (κ2) is 5.64. The zero-order chi connectivity index (χ0) is 13.0. The third kappa shape index (κ3) is 2.68. The molecular formula is C13H16N2O3. The average molecular weight is 248 g/mol. The maximum atomic E-state index is 11.0. The van der Waals surface area contributed by atoms with Crippen molar-refractivity contribution >= 4 is 17.0 Å². The second-order valence-corrected chi connectivity index (χ2v) is 4.05. The van der Waals surface area contributed by atoms with E-state index < -0.39 is 5.97 Å². The summed E-state index contributed by atoms with van der Waals surface area (Å²) >= 11 is 0. The number of carboxylic acids is 1.